The van der Waals surface area contributed by atoms with Gasteiger partial charge in [0, 0.05) is 30.5 Å². The third kappa shape index (κ3) is 2.40. The molecular formula is C15H15FN4. The average Bonchev–Trinajstić information content (AvgIpc) is 2.78. The maximum absolute atomic E-state index is 13.2. The molecule has 0 atom stereocenters. The van der Waals surface area contributed by atoms with Crippen LogP contribution in [-0.2, 0) is 13.1 Å². The van der Waals surface area contributed by atoms with Gasteiger partial charge in [-0.1, -0.05) is 0 Å². The molecule has 4 nitrogen and oxygen atoms in total. The molecule has 0 aliphatic rings. The molecule has 0 saturated heterocycles. The van der Waals surface area contributed by atoms with Crippen LogP contribution in [0.15, 0.2) is 43.0 Å². The highest BCUT2D eigenvalue weighted by atomic mass is 19.1. The lowest BCUT2D eigenvalue weighted by Gasteiger charge is -2.04. The van der Waals surface area contributed by atoms with E-state index in [1.807, 2.05) is 17.7 Å². The second-order valence-corrected chi connectivity index (χ2v) is 4.70. The minimum atomic E-state index is -0.317. The van der Waals surface area contributed by atoms with Crippen molar-refractivity contribution in [2.75, 3.05) is 7.05 Å². The van der Waals surface area contributed by atoms with Crippen molar-refractivity contribution in [1.29, 1.82) is 0 Å². The van der Waals surface area contributed by atoms with Crippen molar-refractivity contribution in [1.82, 2.24) is 19.9 Å². The SMILES string of the molecule is CNCc1cn(Cc2cncc(F)c2)c2ncccc12. The van der Waals surface area contributed by atoms with Gasteiger partial charge in [-0.2, -0.15) is 0 Å². The molecule has 102 valence electrons. The third-order valence-corrected chi connectivity index (χ3v) is 3.20. The first kappa shape index (κ1) is 12.7. The zero-order chi connectivity index (χ0) is 13.9. The number of hydrogen-bond acceptors (Lipinski definition) is 3. The summed E-state index contributed by atoms with van der Waals surface area (Å²) in [6.45, 7) is 1.33. The van der Waals surface area contributed by atoms with Crippen molar-refractivity contribution in [2.24, 2.45) is 0 Å². The number of fused-ring (bicyclic) bond motifs is 1. The van der Waals surface area contributed by atoms with Gasteiger partial charge >= 0.3 is 0 Å². The first-order valence-corrected chi connectivity index (χ1v) is 6.44. The fourth-order valence-corrected chi connectivity index (χ4v) is 2.39. The van der Waals surface area contributed by atoms with Gasteiger partial charge in [-0.3, -0.25) is 4.98 Å². The van der Waals surface area contributed by atoms with E-state index in [0.717, 1.165) is 23.1 Å². The fourth-order valence-electron chi connectivity index (χ4n) is 2.39. The fraction of sp³-hybridized carbons (Fsp3) is 0.200. The van der Waals surface area contributed by atoms with E-state index in [1.54, 1.807) is 12.4 Å². The number of pyridine rings is 2. The predicted molar refractivity (Wildman–Crippen MR) is 75.8 cm³/mol. The summed E-state index contributed by atoms with van der Waals surface area (Å²) in [6.07, 6.45) is 6.71. The van der Waals surface area contributed by atoms with E-state index in [0.29, 0.717) is 6.54 Å². The van der Waals surface area contributed by atoms with E-state index in [2.05, 4.69) is 27.5 Å². The van der Waals surface area contributed by atoms with Gasteiger partial charge < -0.3 is 9.88 Å². The summed E-state index contributed by atoms with van der Waals surface area (Å²) in [7, 11) is 1.91. The number of nitrogens with one attached hydrogen (secondary N) is 1. The zero-order valence-corrected chi connectivity index (χ0v) is 11.2. The van der Waals surface area contributed by atoms with Crippen LogP contribution in [0.1, 0.15) is 11.1 Å². The Morgan fingerprint density at radius 3 is 3.05 bits per heavy atom. The van der Waals surface area contributed by atoms with Gasteiger partial charge in [0.2, 0.25) is 0 Å². The molecule has 3 aromatic heterocycles. The largest absolute Gasteiger partial charge is 0.328 e. The molecule has 0 fully saturated rings. The molecule has 0 saturated carbocycles. The summed E-state index contributed by atoms with van der Waals surface area (Å²) in [6, 6.07) is 5.48. The highest BCUT2D eigenvalue weighted by Gasteiger charge is 2.09. The Balaban J connectivity index is 2.03. The molecule has 20 heavy (non-hydrogen) atoms. The summed E-state index contributed by atoms with van der Waals surface area (Å²) < 4.78 is 15.2. The van der Waals surface area contributed by atoms with Crippen molar-refractivity contribution in [2.45, 2.75) is 13.1 Å². The molecule has 3 rings (SSSR count). The van der Waals surface area contributed by atoms with Crippen LogP contribution in [0, 0.1) is 5.82 Å². The van der Waals surface area contributed by atoms with Crippen molar-refractivity contribution < 1.29 is 4.39 Å². The molecule has 0 amide bonds. The summed E-state index contributed by atoms with van der Waals surface area (Å²) >= 11 is 0. The minimum Gasteiger partial charge on any atom is -0.328 e. The van der Waals surface area contributed by atoms with Gasteiger partial charge in [-0.15, -0.1) is 0 Å². The van der Waals surface area contributed by atoms with E-state index in [1.165, 1.54) is 17.8 Å². The van der Waals surface area contributed by atoms with E-state index < -0.39 is 0 Å². The summed E-state index contributed by atoms with van der Waals surface area (Å²) in [5.74, 6) is -0.317. The van der Waals surface area contributed by atoms with Gasteiger partial charge in [0.05, 0.1) is 12.7 Å². The number of hydrogen-bond donors (Lipinski definition) is 1. The zero-order valence-electron chi connectivity index (χ0n) is 11.2. The van der Waals surface area contributed by atoms with Gasteiger partial charge in [-0.25, -0.2) is 9.37 Å². The second kappa shape index (κ2) is 5.38. The Morgan fingerprint density at radius 1 is 1.35 bits per heavy atom. The van der Waals surface area contributed by atoms with Crippen molar-refractivity contribution in [3.63, 3.8) is 0 Å². The lowest BCUT2D eigenvalue weighted by Crippen LogP contribution is -2.04. The van der Waals surface area contributed by atoms with Crippen molar-refractivity contribution in [3.05, 3.63) is 59.9 Å². The average molecular weight is 270 g/mol. The monoisotopic (exact) mass is 270 g/mol. The van der Waals surface area contributed by atoms with Crippen LogP contribution < -0.4 is 5.32 Å². The molecule has 0 unspecified atom stereocenters. The lowest BCUT2D eigenvalue weighted by atomic mass is 10.2. The molecule has 0 aliphatic carbocycles. The van der Waals surface area contributed by atoms with Crippen LogP contribution in [0.3, 0.4) is 0 Å². The van der Waals surface area contributed by atoms with E-state index in [9.17, 15) is 4.39 Å². The van der Waals surface area contributed by atoms with Gasteiger partial charge in [0.1, 0.15) is 11.5 Å². The van der Waals surface area contributed by atoms with Crippen LogP contribution in [0.5, 0.6) is 0 Å². The molecule has 3 heterocycles. The molecule has 3 aromatic rings. The van der Waals surface area contributed by atoms with Crippen LogP contribution in [0.2, 0.25) is 0 Å². The Bertz CT molecular complexity index is 736. The first-order chi connectivity index (χ1) is 9.78. The van der Waals surface area contributed by atoms with Gasteiger partial charge in [-0.05, 0) is 36.4 Å². The van der Waals surface area contributed by atoms with Crippen molar-refractivity contribution >= 4 is 11.0 Å². The number of aromatic nitrogens is 3. The normalized spacial score (nSPS) is 11.1. The summed E-state index contributed by atoms with van der Waals surface area (Å²) in [4.78, 5) is 8.31. The van der Waals surface area contributed by atoms with Crippen LogP contribution in [-0.4, -0.2) is 21.6 Å². The molecule has 0 spiro atoms. The van der Waals surface area contributed by atoms with Gasteiger partial charge in [0.25, 0.3) is 0 Å². The topological polar surface area (TPSA) is 42.7 Å². The highest BCUT2D eigenvalue weighted by molar-refractivity contribution is 5.80. The Kier molecular flexibility index (Phi) is 3.43. The van der Waals surface area contributed by atoms with Crippen LogP contribution in [0.25, 0.3) is 11.0 Å². The Hall–Kier alpha value is -2.27. The first-order valence-electron chi connectivity index (χ1n) is 6.44. The molecule has 0 aromatic carbocycles. The number of rotatable bonds is 4. The lowest BCUT2D eigenvalue weighted by molar-refractivity contribution is 0.616. The predicted octanol–water partition coefficient (Wildman–Crippen LogP) is 2.34. The smallest absolute Gasteiger partial charge is 0.141 e. The maximum atomic E-state index is 13.2. The van der Waals surface area contributed by atoms with Gasteiger partial charge in [0.15, 0.2) is 0 Å². The summed E-state index contributed by atoms with van der Waals surface area (Å²) in [5.41, 5.74) is 2.91. The molecule has 1 N–H and O–H groups in total. The standard InChI is InChI=1S/C15H15FN4/c1-17-7-12-10-20(15-14(12)3-2-4-19-15)9-11-5-13(16)8-18-6-11/h2-6,8,10,17H,7,9H2,1H3. The van der Waals surface area contributed by atoms with Crippen LogP contribution >= 0.6 is 0 Å². The van der Waals surface area contributed by atoms with Crippen LogP contribution in [0.4, 0.5) is 4.39 Å². The minimum absolute atomic E-state index is 0.317. The maximum Gasteiger partial charge on any atom is 0.141 e. The molecule has 0 radical (unpaired) electrons. The third-order valence-electron chi connectivity index (χ3n) is 3.20. The Labute approximate surface area is 116 Å². The Morgan fingerprint density at radius 2 is 2.25 bits per heavy atom. The summed E-state index contributed by atoms with van der Waals surface area (Å²) in [5, 5.41) is 4.27. The molecule has 0 aliphatic heterocycles. The van der Waals surface area contributed by atoms with E-state index in [4.69, 9.17) is 0 Å². The number of halogens is 1. The van der Waals surface area contributed by atoms with E-state index in [-0.39, 0.29) is 5.82 Å². The molecular weight excluding hydrogens is 255 g/mol. The van der Waals surface area contributed by atoms with Crippen molar-refractivity contribution in [3.8, 4) is 0 Å². The van der Waals surface area contributed by atoms with E-state index >= 15 is 0 Å². The quantitative estimate of drug-likeness (QED) is 0.791. The highest BCUT2D eigenvalue weighted by Crippen LogP contribution is 2.20. The molecule has 0 bridgehead atoms. The second-order valence-electron chi connectivity index (χ2n) is 4.70. The number of nitrogens with zero attached hydrogens (tertiary/aromatic N) is 3. The molecule has 5 heteroatoms.